The first kappa shape index (κ1) is 10.4. The molecule has 0 atom stereocenters. The van der Waals surface area contributed by atoms with Crippen molar-refractivity contribution >= 4 is 39.0 Å². The number of hydrogen-bond acceptors (Lipinski definition) is 6. The van der Waals surface area contributed by atoms with Crippen LogP contribution in [0, 0.1) is 0 Å². The molecular weight excluding hydrogens is 284 g/mol. The second-order valence-electron chi connectivity index (χ2n) is 3.61. The molecule has 0 amide bonds. The molecule has 0 aliphatic heterocycles. The summed E-state index contributed by atoms with van der Waals surface area (Å²) >= 11 is 4.90. The van der Waals surface area contributed by atoms with Crippen LogP contribution in [0.4, 0.5) is 0 Å². The van der Waals surface area contributed by atoms with Crippen LogP contribution in [0.5, 0.6) is 0 Å². The van der Waals surface area contributed by atoms with Crippen LogP contribution >= 0.6 is 34.0 Å². The van der Waals surface area contributed by atoms with E-state index in [9.17, 15) is 0 Å². The van der Waals surface area contributed by atoms with Gasteiger partial charge in [-0.15, -0.1) is 21.5 Å². The molecule has 0 aromatic carbocycles. The summed E-state index contributed by atoms with van der Waals surface area (Å²) in [5.41, 5.74) is 1.07. The summed E-state index contributed by atoms with van der Waals surface area (Å²) in [5, 5.41) is 20.1. The molecule has 0 aliphatic carbocycles. The van der Waals surface area contributed by atoms with E-state index in [1.165, 1.54) is 4.88 Å². The predicted molar refractivity (Wildman–Crippen MR) is 75.3 cm³/mol. The lowest BCUT2D eigenvalue weighted by Crippen LogP contribution is -1.88. The van der Waals surface area contributed by atoms with Gasteiger partial charge in [0.25, 0.3) is 0 Å². The molecule has 7 heteroatoms. The molecule has 0 saturated heterocycles. The zero-order valence-electron chi connectivity index (χ0n) is 8.98. The highest BCUT2D eigenvalue weighted by Crippen LogP contribution is 2.30. The Labute approximate surface area is 114 Å². The van der Waals surface area contributed by atoms with Crippen LogP contribution in [-0.4, -0.2) is 19.8 Å². The summed E-state index contributed by atoms with van der Waals surface area (Å²) in [4.78, 5) is 2.00. The topological polar surface area (TPSA) is 43.1 Å². The van der Waals surface area contributed by atoms with Crippen molar-refractivity contribution in [2.45, 2.75) is 0 Å². The summed E-state index contributed by atoms with van der Waals surface area (Å²) in [7, 11) is 0. The van der Waals surface area contributed by atoms with Gasteiger partial charge in [0.2, 0.25) is 4.96 Å². The molecule has 0 saturated carbocycles. The highest BCUT2D eigenvalue weighted by atomic mass is 32.1. The van der Waals surface area contributed by atoms with Crippen molar-refractivity contribution in [3.8, 4) is 21.3 Å². The number of aromatic nitrogens is 4. The lowest BCUT2D eigenvalue weighted by Gasteiger charge is -1.90. The molecule has 4 heterocycles. The minimum atomic E-state index is 0.810. The van der Waals surface area contributed by atoms with Gasteiger partial charge in [-0.2, -0.15) is 21.0 Å². The minimum Gasteiger partial charge on any atom is -0.182 e. The standard InChI is InChI=1S/C11H6N4S3/c1-2-8(17-4-1)10-14-15-9(7-3-5-16-6-7)12-13-11(15)18-10/h1-6H. The van der Waals surface area contributed by atoms with Crippen LogP contribution in [0.2, 0.25) is 0 Å². The largest absolute Gasteiger partial charge is 0.235 e. The van der Waals surface area contributed by atoms with Crippen molar-refractivity contribution in [3.05, 3.63) is 34.3 Å². The Bertz CT molecular complexity index is 780. The van der Waals surface area contributed by atoms with Gasteiger partial charge in [0.15, 0.2) is 10.8 Å². The van der Waals surface area contributed by atoms with E-state index < -0.39 is 0 Å². The van der Waals surface area contributed by atoms with Crippen LogP contribution < -0.4 is 0 Å². The predicted octanol–water partition coefficient (Wildman–Crippen LogP) is 3.64. The fourth-order valence-corrected chi connectivity index (χ4v) is 3.95. The minimum absolute atomic E-state index is 0.810. The summed E-state index contributed by atoms with van der Waals surface area (Å²) < 4.78 is 1.82. The number of hydrogen-bond donors (Lipinski definition) is 0. The van der Waals surface area contributed by atoms with E-state index in [1.807, 2.05) is 22.0 Å². The average Bonchev–Trinajstić information content (AvgIpc) is 3.13. The first-order chi connectivity index (χ1) is 8.92. The quantitative estimate of drug-likeness (QED) is 0.566. The Morgan fingerprint density at radius 3 is 2.89 bits per heavy atom. The smallest absolute Gasteiger partial charge is 0.182 e. The van der Waals surface area contributed by atoms with Crippen LogP contribution in [-0.2, 0) is 0 Å². The molecule has 0 aliphatic rings. The van der Waals surface area contributed by atoms with Gasteiger partial charge in [0.1, 0.15) is 0 Å². The molecular formula is C11H6N4S3. The Balaban J connectivity index is 1.92. The van der Waals surface area contributed by atoms with E-state index in [4.69, 9.17) is 0 Å². The van der Waals surface area contributed by atoms with Gasteiger partial charge in [-0.3, -0.25) is 0 Å². The summed E-state index contributed by atoms with van der Waals surface area (Å²) in [6.45, 7) is 0. The molecule has 4 aromatic heterocycles. The van der Waals surface area contributed by atoms with E-state index in [-0.39, 0.29) is 0 Å². The molecule has 4 nitrogen and oxygen atoms in total. The third-order valence-corrected chi connectivity index (χ3v) is 5.12. The van der Waals surface area contributed by atoms with Crippen molar-refractivity contribution < 1.29 is 0 Å². The highest BCUT2D eigenvalue weighted by Gasteiger charge is 2.14. The molecule has 0 radical (unpaired) electrons. The van der Waals surface area contributed by atoms with Crippen LogP contribution in [0.15, 0.2) is 34.3 Å². The maximum atomic E-state index is 4.60. The Hall–Kier alpha value is -1.57. The van der Waals surface area contributed by atoms with Crippen LogP contribution in [0.1, 0.15) is 0 Å². The molecule has 0 N–H and O–H groups in total. The molecule has 4 aromatic rings. The van der Waals surface area contributed by atoms with E-state index >= 15 is 0 Å². The molecule has 0 bridgehead atoms. The number of fused-ring (bicyclic) bond motifs is 1. The van der Waals surface area contributed by atoms with Gasteiger partial charge in [-0.25, -0.2) is 0 Å². The fourth-order valence-electron chi connectivity index (χ4n) is 1.69. The number of thiophene rings is 2. The summed E-state index contributed by atoms with van der Waals surface area (Å²) in [6.07, 6.45) is 0. The summed E-state index contributed by atoms with van der Waals surface area (Å²) in [6, 6.07) is 6.13. The first-order valence-corrected chi connectivity index (χ1v) is 7.84. The number of nitrogens with zero attached hydrogens (tertiary/aromatic N) is 4. The Morgan fingerprint density at radius 1 is 1.11 bits per heavy atom. The molecule has 0 fully saturated rings. The third kappa shape index (κ3) is 1.52. The molecule has 4 rings (SSSR count). The highest BCUT2D eigenvalue weighted by molar-refractivity contribution is 7.23. The zero-order valence-corrected chi connectivity index (χ0v) is 11.4. The van der Waals surface area contributed by atoms with Gasteiger partial charge >= 0.3 is 0 Å². The van der Waals surface area contributed by atoms with Crippen molar-refractivity contribution in [1.29, 1.82) is 0 Å². The molecule has 88 valence electrons. The Kier molecular flexibility index (Phi) is 2.29. The zero-order chi connectivity index (χ0) is 11.9. The monoisotopic (exact) mass is 290 g/mol. The lowest BCUT2D eigenvalue weighted by molar-refractivity contribution is 0.973. The van der Waals surface area contributed by atoms with Crippen molar-refractivity contribution in [3.63, 3.8) is 0 Å². The maximum absolute atomic E-state index is 4.60. The maximum Gasteiger partial charge on any atom is 0.235 e. The van der Waals surface area contributed by atoms with E-state index in [0.29, 0.717) is 0 Å². The van der Waals surface area contributed by atoms with Gasteiger partial charge in [-0.1, -0.05) is 17.4 Å². The number of rotatable bonds is 2. The van der Waals surface area contributed by atoms with Gasteiger partial charge < -0.3 is 0 Å². The summed E-state index contributed by atoms with van der Waals surface area (Å²) in [5.74, 6) is 0.810. The van der Waals surface area contributed by atoms with Crippen molar-refractivity contribution in [2.24, 2.45) is 0 Å². The third-order valence-electron chi connectivity index (χ3n) is 2.50. The lowest BCUT2D eigenvalue weighted by atomic mass is 10.3. The van der Waals surface area contributed by atoms with E-state index in [2.05, 4.69) is 32.1 Å². The fraction of sp³-hybridized carbons (Fsp3) is 0. The van der Waals surface area contributed by atoms with Crippen LogP contribution in [0.3, 0.4) is 0 Å². The van der Waals surface area contributed by atoms with E-state index in [1.54, 1.807) is 34.0 Å². The SMILES string of the molecule is c1csc(-c2nn3c(-c4ccsc4)nnc3s2)c1. The first-order valence-electron chi connectivity index (χ1n) is 5.20. The molecule has 18 heavy (non-hydrogen) atoms. The van der Waals surface area contributed by atoms with Gasteiger partial charge in [-0.05, 0) is 22.9 Å². The van der Waals surface area contributed by atoms with E-state index in [0.717, 1.165) is 21.4 Å². The average molecular weight is 290 g/mol. The molecule has 0 spiro atoms. The second kappa shape index (κ2) is 3.98. The van der Waals surface area contributed by atoms with Crippen LogP contribution in [0.25, 0.3) is 26.2 Å². The van der Waals surface area contributed by atoms with Gasteiger partial charge in [0.05, 0.1) is 4.88 Å². The normalized spacial score (nSPS) is 11.3. The molecule has 0 unspecified atom stereocenters. The second-order valence-corrected chi connectivity index (χ2v) is 6.30. The van der Waals surface area contributed by atoms with Crippen molar-refractivity contribution in [2.75, 3.05) is 0 Å². The Morgan fingerprint density at radius 2 is 2.11 bits per heavy atom. The van der Waals surface area contributed by atoms with Crippen molar-refractivity contribution in [1.82, 2.24) is 19.8 Å². The van der Waals surface area contributed by atoms with Gasteiger partial charge in [0, 0.05) is 10.9 Å².